The van der Waals surface area contributed by atoms with Gasteiger partial charge in [-0.1, -0.05) is 40.5 Å². The van der Waals surface area contributed by atoms with Crippen LogP contribution in [0, 0.1) is 12.8 Å². The quantitative estimate of drug-likeness (QED) is 0.440. The average molecular weight is 529 g/mol. The molecule has 2 atom stereocenters. The molecule has 186 valence electrons. The summed E-state index contributed by atoms with van der Waals surface area (Å²) < 4.78 is 42.6. The van der Waals surface area contributed by atoms with Gasteiger partial charge in [0, 0.05) is 40.6 Å². The number of carbonyl (C=O) groups is 2. The third kappa shape index (κ3) is 4.77. The minimum atomic E-state index is -4.81. The molecule has 1 fully saturated rings. The topological polar surface area (TPSA) is 68.2 Å². The Labute approximate surface area is 209 Å². The molecule has 0 N–H and O–H groups in total. The van der Waals surface area contributed by atoms with Gasteiger partial charge < -0.3 is 4.84 Å². The van der Waals surface area contributed by atoms with E-state index in [0.29, 0.717) is 23.2 Å². The molecule has 1 amide bonds. The number of hydroxylamine groups is 2. The lowest BCUT2D eigenvalue weighted by atomic mass is 9.86. The van der Waals surface area contributed by atoms with Crippen molar-refractivity contribution in [2.75, 3.05) is 13.2 Å². The van der Waals surface area contributed by atoms with Gasteiger partial charge in [0.15, 0.2) is 5.78 Å². The summed E-state index contributed by atoms with van der Waals surface area (Å²) >= 11 is 11.9. The summed E-state index contributed by atoms with van der Waals surface area (Å²) in [5.41, 5.74) is -1.62. The molecule has 11 heteroatoms. The largest absolute Gasteiger partial charge is 0.435 e. The molecule has 0 aliphatic carbocycles. The van der Waals surface area contributed by atoms with Crippen molar-refractivity contribution in [3.63, 3.8) is 0 Å². The average Bonchev–Trinajstić information content (AvgIpc) is 3.38. The highest BCUT2D eigenvalue weighted by atomic mass is 35.5. The van der Waals surface area contributed by atoms with Crippen LogP contribution in [-0.2, 0) is 20.1 Å². The lowest BCUT2D eigenvalue weighted by Gasteiger charge is -2.29. The Kier molecular flexibility index (Phi) is 6.87. The monoisotopic (exact) mass is 528 g/mol. The maximum Gasteiger partial charge on any atom is 0.435 e. The number of rotatable bonds is 6. The second-order valence-electron chi connectivity index (χ2n) is 8.47. The highest BCUT2D eigenvalue weighted by Crippen LogP contribution is 2.49. The third-order valence-corrected chi connectivity index (χ3v) is 6.56. The fourth-order valence-corrected chi connectivity index (χ4v) is 4.77. The van der Waals surface area contributed by atoms with Gasteiger partial charge in [0.2, 0.25) is 0 Å². The summed E-state index contributed by atoms with van der Waals surface area (Å²) in [7, 11) is 0. The van der Waals surface area contributed by atoms with E-state index in [-0.39, 0.29) is 46.0 Å². The van der Waals surface area contributed by atoms with Crippen LogP contribution in [0.5, 0.6) is 0 Å². The lowest BCUT2D eigenvalue weighted by molar-refractivity contribution is -0.275. The molecule has 2 aliphatic heterocycles. The summed E-state index contributed by atoms with van der Waals surface area (Å²) in [6, 6.07) is 8.26. The van der Waals surface area contributed by atoms with Crippen molar-refractivity contribution < 1.29 is 32.4 Å². The third-order valence-electron chi connectivity index (χ3n) is 6.12. The molecular formula is C24H21Cl2F3N2O4. The van der Waals surface area contributed by atoms with Gasteiger partial charge in [-0.2, -0.15) is 13.2 Å². The summed E-state index contributed by atoms with van der Waals surface area (Å²) in [4.78, 5) is 35.4. The first kappa shape index (κ1) is 25.5. The van der Waals surface area contributed by atoms with E-state index >= 15 is 0 Å². The minimum Gasteiger partial charge on any atom is -0.374 e. The standard InChI is InChI=1S/C24H21Cl2F3N2O4/c1-3-31-22(33)15(12-34-31)7-21(32)19-5-4-14(6-13(19)2)20-11-23(35-30-20,24(27,28)29)16-8-17(25)10-18(26)9-16/h4-6,8-10,15H,3,7,11-12H2,1-2H3/t15-,23?/m1/s1. The van der Waals surface area contributed by atoms with Gasteiger partial charge in [-0.3, -0.25) is 14.4 Å². The van der Waals surface area contributed by atoms with E-state index < -0.39 is 24.1 Å². The zero-order chi connectivity index (χ0) is 25.5. The molecule has 0 radical (unpaired) electrons. The van der Waals surface area contributed by atoms with E-state index in [2.05, 4.69) is 5.16 Å². The Hall–Kier alpha value is -2.62. The Morgan fingerprint density at radius 3 is 2.46 bits per heavy atom. The summed E-state index contributed by atoms with van der Waals surface area (Å²) in [5, 5.41) is 5.06. The normalized spacial score (nSPS) is 22.4. The predicted molar refractivity (Wildman–Crippen MR) is 123 cm³/mol. The number of aryl methyl sites for hydroxylation is 1. The summed E-state index contributed by atoms with van der Waals surface area (Å²) in [6.07, 6.45) is -5.42. The number of ketones is 1. The van der Waals surface area contributed by atoms with E-state index in [9.17, 15) is 22.8 Å². The van der Waals surface area contributed by atoms with Crippen LogP contribution in [0.1, 0.15) is 46.8 Å². The molecule has 2 aliphatic rings. The molecule has 2 aromatic rings. The Bertz CT molecular complexity index is 1200. The van der Waals surface area contributed by atoms with Gasteiger partial charge in [0.1, 0.15) is 0 Å². The zero-order valence-corrected chi connectivity index (χ0v) is 20.3. The number of benzene rings is 2. The Morgan fingerprint density at radius 2 is 1.89 bits per heavy atom. The van der Waals surface area contributed by atoms with Crippen LogP contribution in [0.4, 0.5) is 13.2 Å². The number of carbonyl (C=O) groups excluding carboxylic acids is 2. The van der Waals surface area contributed by atoms with E-state index in [4.69, 9.17) is 32.9 Å². The molecule has 35 heavy (non-hydrogen) atoms. The first-order valence-corrected chi connectivity index (χ1v) is 11.6. The minimum absolute atomic E-state index is 0.0215. The highest BCUT2D eigenvalue weighted by molar-refractivity contribution is 6.34. The van der Waals surface area contributed by atoms with Crippen LogP contribution in [-0.4, -0.2) is 41.8 Å². The number of alkyl halides is 3. The van der Waals surface area contributed by atoms with Gasteiger partial charge in [-0.25, -0.2) is 5.06 Å². The van der Waals surface area contributed by atoms with Crippen molar-refractivity contribution in [3.05, 3.63) is 68.7 Å². The van der Waals surface area contributed by atoms with Crippen LogP contribution < -0.4 is 0 Å². The van der Waals surface area contributed by atoms with Crippen LogP contribution in [0.25, 0.3) is 0 Å². The van der Waals surface area contributed by atoms with E-state index in [1.54, 1.807) is 19.9 Å². The number of hydrogen-bond donors (Lipinski definition) is 0. The molecule has 0 bridgehead atoms. The summed E-state index contributed by atoms with van der Waals surface area (Å²) in [6.45, 7) is 3.97. The number of hydrogen-bond acceptors (Lipinski definition) is 5. The fraction of sp³-hybridized carbons (Fsp3) is 0.375. The maximum absolute atomic E-state index is 14.2. The van der Waals surface area contributed by atoms with Crippen molar-refractivity contribution in [1.82, 2.24) is 5.06 Å². The molecule has 1 saturated heterocycles. The second kappa shape index (κ2) is 9.44. The Morgan fingerprint density at radius 1 is 1.20 bits per heavy atom. The van der Waals surface area contributed by atoms with Gasteiger partial charge in [0.25, 0.3) is 11.5 Å². The molecule has 0 saturated carbocycles. The van der Waals surface area contributed by atoms with Crippen molar-refractivity contribution in [2.24, 2.45) is 11.1 Å². The second-order valence-corrected chi connectivity index (χ2v) is 9.34. The van der Waals surface area contributed by atoms with E-state index in [1.807, 2.05) is 0 Å². The molecular weight excluding hydrogens is 508 g/mol. The van der Waals surface area contributed by atoms with Crippen molar-refractivity contribution >= 4 is 40.6 Å². The first-order valence-electron chi connectivity index (χ1n) is 10.8. The van der Waals surface area contributed by atoms with E-state index in [0.717, 1.165) is 12.1 Å². The lowest BCUT2D eigenvalue weighted by Crippen LogP contribution is -2.42. The number of Topliss-reactive ketones (excluding diaryl/α,β-unsaturated/α-hetero) is 1. The molecule has 2 heterocycles. The van der Waals surface area contributed by atoms with Crippen LogP contribution in [0.3, 0.4) is 0 Å². The summed E-state index contributed by atoms with van der Waals surface area (Å²) in [5.74, 6) is -1.06. The van der Waals surface area contributed by atoms with Crippen molar-refractivity contribution in [2.45, 2.75) is 38.5 Å². The van der Waals surface area contributed by atoms with Crippen LogP contribution in [0.15, 0.2) is 41.6 Å². The molecule has 2 aromatic carbocycles. The van der Waals surface area contributed by atoms with Crippen LogP contribution in [0.2, 0.25) is 10.0 Å². The number of oxime groups is 1. The van der Waals surface area contributed by atoms with Crippen LogP contribution >= 0.6 is 23.2 Å². The number of halogens is 5. The van der Waals surface area contributed by atoms with Crippen molar-refractivity contribution in [1.29, 1.82) is 0 Å². The SMILES string of the molecule is CCN1OC[C@@H](CC(=O)c2ccc(C3=NOC(c4cc(Cl)cc(Cl)c4)(C(F)(F)F)C3)cc2C)C1=O. The molecule has 4 rings (SSSR count). The van der Waals surface area contributed by atoms with Gasteiger partial charge in [-0.15, -0.1) is 0 Å². The number of amides is 1. The predicted octanol–water partition coefficient (Wildman–Crippen LogP) is 5.87. The molecule has 1 unspecified atom stereocenters. The van der Waals surface area contributed by atoms with Crippen molar-refractivity contribution in [3.8, 4) is 0 Å². The number of nitrogens with zero attached hydrogens (tertiary/aromatic N) is 2. The Balaban J connectivity index is 1.56. The molecule has 0 aromatic heterocycles. The first-order chi connectivity index (χ1) is 16.4. The van der Waals surface area contributed by atoms with Gasteiger partial charge in [0.05, 0.1) is 18.2 Å². The van der Waals surface area contributed by atoms with Gasteiger partial charge >= 0.3 is 6.18 Å². The highest BCUT2D eigenvalue weighted by Gasteiger charge is 2.62. The zero-order valence-electron chi connectivity index (χ0n) is 18.8. The molecule has 6 nitrogen and oxygen atoms in total. The van der Waals surface area contributed by atoms with Gasteiger partial charge in [-0.05, 0) is 49.2 Å². The molecule has 0 spiro atoms. The fourth-order valence-electron chi connectivity index (χ4n) is 4.25. The smallest absolute Gasteiger partial charge is 0.374 e. The van der Waals surface area contributed by atoms with E-state index in [1.165, 1.54) is 23.3 Å². The maximum atomic E-state index is 14.2.